The Bertz CT molecular complexity index is 1120. The average molecular weight is 480 g/mol. The van der Waals surface area contributed by atoms with E-state index in [4.69, 9.17) is 9.47 Å². The van der Waals surface area contributed by atoms with Gasteiger partial charge < -0.3 is 25.0 Å². The van der Waals surface area contributed by atoms with Crippen LogP contribution in [0.3, 0.4) is 0 Å². The Morgan fingerprint density at radius 3 is 2.51 bits per heavy atom. The summed E-state index contributed by atoms with van der Waals surface area (Å²) in [6.07, 6.45) is 1.68. The highest BCUT2D eigenvalue weighted by Gasteiger charge is 2.28. The monoisotopic (exact) mass is 479 g/mol. The number of pyridine rings is 1. The van der Waals surface area contributed by atoms with E-state index in [1.165, 1.54) is 6.92 Å². The molecule has 0 bridgehead atoms. The third-order valence-electron chi connectivity index (χ3n) is 6.18. The first-order valence-corrected chi connectivity index (χ1v) is 11.7. The second-order valence-electron chi connectivity index (χ2n) is 8.80. The van der Waals surface area contributed by atoms with Gasteiger partial charge in [0.1, 0.15) is 29.4 Å². The van der Waals surface area contributed by atoms with E-state index in [0.717, 1.165) is 16.8 Å². The molecule has 1 aliphatic heterocycles. The molecule has 3 rings (SSSR count). The number of anilines is 1. The lowest BCUT2D eigenvalue weighted by Gasteiger charge is -2.34. The first-order valence-electron chi connectivity index (χ1n) is 11.7. The molecule has 0 unspecified atom stereocenters. The van der Waals surface area contributed by atoms with Crippen LogP contribution in [0.4, 0.5) is 5.82 Å². The maximum absolute atomic E-state index is 13.2. The summed E-state index contributed by atoms with van der Waals surface area (Å²) < 4.78 is 10.7. The highest BCUT2D eigenvalue weighted by atomic mass is 16.5. The summed E-state index contributed by atoms with van der Waals surface area (Å²) in [4.78, 5) is 31.7. The molecule has 0 aliphatic carbocycles. The average Bonchev–Trinajstić information content (AvgIpc) is 2.83. The van der Waals surface area contributed by atoms with Crippen LogP contribution in [-0.4, -0.2) is 56.2 Å². The fourth-order valence-corrected chi connectivity index (χ4v) is 4.44. The lowest BCUT2D eigenvalue weighted by Crippen LogP contribution is -2.52. The summed E-state index contributed by atoms with van der Waals surface area (Å²) in [5.74, 6) is 1.44. The predicted molar refractivity (Wildman–Crippen MR) is 133 cm³/mol. The Hall–Kier alpha value is -3.80. The van der Waals surface area contributed by atoms with Crippen LogP contribution in [-0.2, 0) is 16.0 Å². The first kappa shape index (κ1) is 25.8. The fraction of sp³-hybridized carbons (Fsp3) is 0.462. The van der Waals surface area contributed by atoms with E-state index >= 15 is 0 Å². The van der Waals surface area contributed by atoms with Crippen molar-refractivity contribution < 1.29 is 19.1 Å². The molecule has 9 nitrogen and oxygen atoms in total. The fourth-order valence-electron chi connectivity index (χ4n) is 4.44. The van der Waals surface area contributed by atoms with Gasteiger partial charge in [-0.25, -0.2) is 4.98 Å². The SMILES string of the molecule is COc1ccc(OC)c(C[C@@H](NC(C)=O)C(=O)NC2CCN(c3nc(C)cc(C)c3C#N)CC2)c1. The Morgan fingerprint density at radius 2 is 1.91 bits per heavy atom. The summed E-state index contributed by atoms with van der Waals surface area (Å²) in [5.41, 5.74) is 3.14. The zero-order valence-electron chi connectivity index (χ0n) is 21.0. The van der Waals surface area contributed by atoms with Crippen molar-refractivity contribution in [3.8, 4) is 17.6 Å². The predicted octanol–water partition coefficient (Wildman–Crippen LogP) is 2.42. The van der Waals surface area contributed by atoms with E-state index in [1.807, 2.05) is 26.0 Å². The topological polar surface area (TPSA) is 117 Å². The van der Waals surface area contributed by atoms with Crippen LogP contribution in [0.25, 0.3) is 0 Å². The molecule has 2 amide bonds. The number of benzene rings is 1. The van der Waals surface area contributed by atoms with Crippen molar-refractivity contribution in [3.05, 3.63) is 46.6 Å². The highest BCUT2D eigenvalue weighted by Crippen LogP contribution is 2.27. The van der Waals surface area contributed by atoms with E-state index in [9.17, 15) is 14.9 Å². The number of amides is 2. The van der Waals surface area contributed by atoms with E-state index in [2.05, 4.69) is 26.6 Å². The zero-order chi connectivity index (χ0) is 25.5. The molecule has 1 aromatic heterocycles. The third-order valence-corrected chi connectivity index (χ3v) is 6.18. The second-order valence-corrected chi connectivity index (χ2v) is 8.80. The summed E-state index contributed by atoms with van der Waals surface area (Å²) in [6, 6.07) is 8.76. The molecular weight excluding hydrogens is 446 g/mol. The first-order chi connectivity index (χ1) is 16.7. The minimum Gasteiger partial charge on any atom is -0.497 e. The molecule has 1 aromatic carbocycles. The van der Waals surface area contributed by atoms with E-state index in [1.54, 1.807) is 26.4 Å². The standard InChI is InChI=1S/C26H33N5O4/c1-16-12-17(2)28-25(22(16)15-27)31-10-8-20(9-11-31)30-26(33)23(29-18(3)32)14-19-13-21(34-4)6-7-24(19)35-5/h6-7,12-13,20,23H,8-11,14H2,1-5H3,(H,29,32)(H,30,33)/t23-/m1/s1. The zero-order valence-corrected chi connectivity index (χ0v) is 21.0. The number of aromatic nitrogens is 1. The number of ether oxygens (including phenoxy) is 2. The molecule has 1 atom stereocenters. The van der Waals surface area contributed by atoms with Gasteiger partial charge in [-0.3, -0.25) is 9.59 Å². The molecular formula is C26H33N5O4. The van der Waals surface area contributed by atoms with Crippen molar-refractivity contribution in [1.82, 2.24) is 15.6 Å². The third kappa shape index (κ3) is 6.41. The molecule has 2 heterocycles. The Kier molecular flexibility index (Phi) is 8.53. The van der Waals surface area contributed by atoms with Gasteiger partial charge in [0, 0.05) is 43.7 Å². The molecule has 35 heavy (non-hydrogen) atoms. The van der Waals surface area contributed by atoms with Gasteiger partial charge in [-0.1, -0.05) is 0 Å². The quantitative estimate of drug-likeness (QED) is 0.597. The number of carbonyl (C=O) groups is 2. The maximum atomic E-state index is 13.2. The Balaban J connectivity index is 1.68. The van der Waals surface area contributed by atoms with Crippen molar-refractivity contribution in [2.45, 2.75) is 52.1 Å². The lowest BCUT2D eigenvalue weighted by atomic mass is 10.0. The van der Waals surface area contributed by atoms with E-state index in [-0.39, 0.29) is 24.3 Å². The number of carbonyl (C=O) groups excluding carboxylic acids is 2. The molecule has 1 fully saturated rings. The molecule has 0 saturated carbocycles. The molecule has 0 radical (unpaired) electrons. The Labute approximate surface area is 206 Å². The summed E-state index contributed by atoms with van der Waals surface area (Å²) in [6.45, 7) is 6.58. The van der Waals surface area contributed by atoms with Crippen LogP contribution < -0.4 is 25.0 Å². The minimum absolute atomic E-state index is 0.0429. The van der Waals surface area contributed by atoms with Crippen molar-refractivity contribution in [2.75, 3.05) is 32.2 Å². The van der Waals surface area contributed by atoms with Gasteiger partial charge in [-0.05, 0) is 56.5 Å². The number of methoxy groups -OCH3 is 2. The van der Waals surface area contributed by atoms with Gasteiger partial charge in [-0.15, -0.1) is 0 Å². The highest BCUT2D eigenvalue weighted by molar-refractivity contribution is 5.87. The number of piperidine rings is 1. The molecule has 186 valence electrons. The van der Waals surface area contributed by atoms with Crippen molar-refractivity contribution >= 4 is 17.6 Å². The molecule has 1 aliphatic rings. The number of nitrogens with zero attached hydrogens (tertiary/aromatic N) is 3. The number of nitriles is 1. The second kappa shape index (κ2) is 11.6. The van der Waals surface area contributed by atoms with Gasteiger partial charge in [0.25, 0.3) is 0 Å². The van der Waals surface area contributed by atoms with Gasteiger partial charge in [-0.2, -0.15) is 5.26 Å². The van der Waals surface area contributed by atoms with Crippen molar-refractivity contribution in [2.24, 2.45) is 0 Å². The summed E-state index contributed by atoms with van der Waals surface area (Å²) >= 11 is 0. The lowest BCUT2D eigenvalue weighted by molar-refractivity contribution is -0.128. The van der Waals surface area contributed by atoms with Gasteiger partial charge >= 0.3 is 0 Å². The maximum Gasteiger partial charge on any atom is 0.243 e. The number of aryl methyl sites for hydroxylation is 2. The number of rotatable bonds is 8. The van der Waals surface area contributed by atoms with Gasteiger partial charge in [0.2, 0.25) is 11.8 Å². The molecule has 2 N–H and O–H groups in total. The van der Waals surface area contributed by atoms with Gasteiger partial charge in [0.15, 0.2) is 0 Å². The number of nitrogens with one attached hydrogen (secondary N) is 2. The minimum atomic E-state index is -0.752. The van der Waals surface area contributed by atoms with Crippen LogP contribution >= 0.6 is 0 Å². The smallest absolute Gasteiger partial charge is 0.243 e. The van der Waals surface area contributed by atoms with Crippen LogP contribution in [0, 0.1) is 25.2 Å². The van der Waals surface area contributed by atoms with Gasteiger partial charge in [0.05, 0.1) is 19.8 Å². The molecule has 9 heteroatoms. The van der Waals surface area contributed by atoms with E-state index < -0.39 is 6.04 Å². The van der Waals surface area contributed by atoms with Crippen LogP contribution in [0.1, 0.15) is 42.1 Å². The number of hydrogen-bond acceptors (Lipinski definition) is 7. The largest absolute Gasteiger partial charge is 0.497 e. The summed E-state index contributed by atoms with van der Waals surface area (Å²) in [7, 11) is 3.14. The summed E-state index contributed by atoms with van der Waals surface area (Å²) in [5, 5.41) is 15.5. The number of hydrogen-bond donors (Lipinski definition) is 2. The molecule has 2 aromatic rings. The van der Waals surface area contributed by atoms with Crippen molar-refractivity contribution in [1.29, 1.82) is 5.26 Å². The molecule has 0 spiro atoms. The molecule has 1 saturated heterocycles. The van der Waals surface area contributed by atoms with E-state index in [0.29, 0.717) is 48.8 Å². The van der Waals surface area contributed by atoms with Crippen LogP contribution in [0.15, 0.2) is 24.3 Å². The van der Waals surface area contributed by atoms with Crippen LogP contribution in [0.2, 0.25) is 0 Å². The normalized spacial score (nSPS) is 14.6. The van der Waals surface area contributed by atoms with Crippen molar-refractivity contribution in [3.63, 3.8) is 0 Å². The van der Waals surface area contributed by atoms with Crippen LogP contribution in [0.5, 0.6) is 11.5 Å². The Morgan fingerprint density at radius 1 is 1.20 bits per heavy atom.